The first-order valence-electron chi connectivity index (χ1n) is 14.9. The Morgan fingerprint density at radius 2 is 0.945 bits per heavy atom. The molecule has 4 N–H and O–H groups in total. The zero-order valence-electron chi connectivity index (χ0n) is 30.0. The number of hydrogen-bond donors (Lipinski definition) is 2. The molecule has 0 radical (unpaired) electrons. The fraction of sp³-hybridized carbons (Fsp3) is 0.0588. The third-order valence-electron chi connectivity index (χ3n) is 8.15. The van der Waals surface area contributed by atoms with Crippen LogP contribution in [0.2, 0.25) is 0 Å². The zero-order chi connectivity index (χ0) is 37.7. The van der Waals surface area contributed by atoms with E-state index in [9.17, 15) is 38.9 Å². The Bertz CT molecular complexity index is 2890. The van der Waals surface area contributed by atoms with Crippen molar-refractivity contribution in [3.05, 3.63) is 102 Å². The van der Waals surface area contributed by atoms with Gasteiger partial charge in [-0.1, -0.05) is 30.3 Å². The largest absolute Gasteiger partial charge is 1.00 e. The quantitative estimate of drug-likeness (QED) is 0.0733. The monoisotopic (exact) mass is 826 g/mol. The first-order chi connectivity index (χ1) is 24.3. The van der Waals surface area contributed by atoms with Crippen LogP contribution in [-0.4, -0.2) is 38.9 Å². The van der Waals surface area contributed by atoms with Gasteiger partial charge in [0, 0.05) is 16.2 Å². The minimum Gasteiger partial charge on any atom is -0.744 e. The van der Waals surface area contributed by atoms with Crippen molar-refractivity contribution in [2.75, 3.05) is 11.5 Å². The van der Waals surface area contributed by atoms with E-state index in [1.807, 2.05) is 25.1 Å². The van der Waals surface area contributed by atoms with E-state index >= 15 is 0 Å². The van der Waals surface area contributed by atoms with Crippen molar-refractivity contribution in [1.82, 2.24) is 0 Å². The second kappa shape index (κ2) is 17.9. The molecule has 0 bridgehead atoms. The Balaban J connectivity index is 0.00000271. The molecule has 0 amide bonds. The van der Waals surface area contributed by atoms with Crippen LogP contribution < -0.4 is 100 Å². The number of nitrogens with zero attached hydrogens (tertiary/aromatic N) is 4. The van der Waals surface area contributed by atoms with Gasteiger partial charge in [0.25, 0.3) is 0 Å². The number of nitrogen functional groups attached to an aromatic ring is 2. The smallest absolute Gasteiger partial charge is 0.744 e. The van der Waals surface area contributed by atoms with Crippen LogP contribution in [-0.2, 0) is 30.4 Å². The van der Waals surface area contributed by atoms with Gasteiger partial charge in [0.05, 0.1) is 37.4 Å². The number of fused-ring (bicyclic) bond motifs is 2. The second-order valence-corrected chi connectivity index (χ2v) is 15.8. The van der Waals surface area contributed by atoms with E-state index in [4.69, 9.17) is 11.5 Å². The molecular weight excluding hydrogens is 802 g/mol. The molecule has 55 heavy (non-hydrogen) atoms. The van der Waals surface area contributed by atoms with Crippen LogP contribution in [0.1, 0.15) is 11.1 Å². The number of anilines is 2. The second-order valence-electron chi connectivity index (χ2n) is 11.7. The summed E-state index contributed by atoms with van der Waals surface area (Å²) in [5.74, 6) is 0. The molecule has 0 fully saturated rings. The first-order valence-corrected chi connectivity index (χ1v) is 19.1. The van der Waals surface area contributed by atoms with Gasteiger partial charge in [-0.05, 0) is 102 Å². The van der Waals surface area contributed by atoms with E-state index in [1.165, 1.54) is 18.2 Å². The molecule has 6 aromatic carbocycles. The van der Waals surface area contributed by atoms with Gasteiger partial charge in [-0.15, -0.1) is 10.2 Å². The van der Waals surface area contributed by atoms with Crippen molar-refractivity contribution in [3.8, 4) is 11.1 Å². The third kappa shape index (κ3) is 10.3. The normalized spacial score (nSPS) is 12.1. The molecule has 0 saturated heterocycles. The summed E-state index contributed by atoms with van der Waals surface area (Å²) in [6.45, 7) is 3.63. The van der Waals surface area contributed by atoms with E-state index in [0.717, 1.165) is 41.0 Å². The summed E-state index contributed by atoms with van der Waals surface area (Å²) < 4.78 is 105. The fourth-order valence-corrected chi connectivity index (χ4v) is 7.24. The van der Waals surface area contributed by atoms with Crippen LogP contribution in [0.3, 0.4) is 0 Å². The fourth-order valence-electron chi connectivity index (χ4n) is 5.53. The van der Waals surface area contributed by atoms with Gasteiger partial charge < -0.3 is 25.1 Å². The maximum atomic E-state index is 11.9. The van der Waals surface area contributed by atoms with Crippen molar-refractivity contribution >= 4 is 86.0 Å². The Hall–Kier alpha value is -2.63. The number of aryl methyl sites for hydroxylation is 2. The molecule has 0 unspecified atom stereocenters. The summed E-state index contributed by atoms with van der Waals surface area (Å²) in [6.07, 6.45) is 0. The van der Waals surface area contributed by atoms with E-state index in [2.05, 4.69) is 20.5 Å². The maximum Gasteiger partial charge on any atom is 1.00 e. The van der Waals surface area contributed by atoms with Crippen LogP contribution in [0.15, 0.2) is 126 Å². The van der Waals surface area contributed by atoms with Crippen molar-refractivity contribution in [2.24, 2.45) is 20.5 Å². The minimum absolute atomic E-state index is 0. The molecule has 0 atom stereocenters. The van der Waals surface area contributed by atoms with Crippen molar-refractivity contribution in [1.29, 1.82) is 0 Å². The minimum atomic E-state index is -5.11. The number of hydrogen-bond acceptors (Lipinski definition) is 15. The van der Waals surface area contributed by atoms with E-state index < -0.39 is 40.1 Å². The molecule has 266 valence electrons. The Morgan fingerprint density at radius 1 is 0.473 bits per heavy atom. The molecule has 6 rings (SSSR count). The van der Waals surface area contributed by atoms with Crippen LogP contribution >= 0.6 is 0 Å². The molecular formula is C34H25N6Na3O9S3. The standard InChI is InChI=1S/C34H28N6O9S3.3Na/c1-18-13-20(4-11-30(18)37-39-33-25-8-6-23(50(41,42)43)15-22(25)3-10-28(33)35)21-5-12-31(19(2)14-21)38-40-34-26-9-7-24(51(44,45)46)16-27(26)32(17-29(34)36)52(47,48)49;;;/h3-17H,35-36H2,1-2H3,(H,41,42,43)(H,44,45,46)(H,47,48,49);;;/q;3*+1/p-3. The Kier molecular flexibility index (Phi) is 15.2. The van der Waals surface area contributed by atoms with Crippen LogP contribution in [0, 0.1) is 13.8 Å². The summed E-state index contributed by atoms with van der Waals surface area (Å²) in [4.78, 5) is -1.91. The summed E-state index contributed by atoms with van der Waals surface area (Å²) in [6, 6.07) is 21.6. The van der Waals surface area contributed by atoms with Gasteiger partial charge in [0.15, 0.2) is 0 Å². The molecule has 0 heterocycles. The summed E-state index contributed by atoms with van der Waals surface area (Å²) >= 11 is 0. The molecule has 6 aromatic rings. The zero-order valence-corrected chi connectivity index (χ0v) is 38.5. The van der Waals surface area contributed by atoms with Gasteiger partial charge in [0.1, 0.15) is 41.7 Å². The van der Waals surface area contributed by atoms with Crippen molar-refractivity contribution in [3.63, 3.8) is 0 Å². The van der Waals surface area contributed by atoms with E-state index in [0.29, 0.717) is 39.1 Å². The Morgan fingerprint density at radius 3 is 1.42 bits per heavy atom. The van der Waals surface area contributed by atoms with E-state index in [1.54, 1.807) is 37.3 Å². The van der Waals surface area contributed by atoms with E-state index in [-0.39, 0.29) is 116 Å². The number of benzene rings is 6. The number of nitrogens with two attached hydrogens (primary N) is 2. The van der Waals surface area contributed by atoms with Gasteiger partial charge in [-0.2, -0.15) is 10.2 Å². The van der Waals surface area contributed by atoms with Gasteiger partial charge >= 0.3 is 88.7 Å². The SMILES string of the molecule is Cc1cc(-c2ccc(N=Nc3c(N)cc(S(=O)(=O)[O-])c4cc(S(=O)(=O)[O-])ccc34)c(C)c2)ccc1N=Nc1c(N)ccc2cc(S(=O)(=O)[O-])ccc12.[Na+].[Na+].[Na+]. The predicted octanol–water partition coefficient (Wildman–Crippen LogP) is -2.00. The Labute approximate surface area is 382 Å². The molecule has 15 nitrogen and oxygen atoms in total. The molecule has 0 aromatic heterocycles. The summed E-state index contributed by atoms with van der Waals surface area (Å²) in [5.41, 5.74) is 16.7. The molecule has 0 spiro atoms. The van der Waals surface area contributed by atoms with Crippen molar-refractivity contribution < 1.29 is 128 Å². The predicted molar refractivity (Wildman–Crippen MR) is 190 cm³/mol. The van der Waals surface area contributed by atoms with Crippen LogP contribution in [0.5, 0.6) is 0 Å². The van der Waals surface area contributed by atoms with Gasteiger partial charge in [-0.25, -0.2) is 25.3 Å². The topological polar surface area (TPSA) is 273 Å². The molecule has 21 heteroatoms. The van der Waals surface area contributed by atoms with Crippen LogP contribution in [0.25, 0.3) is 32.7 Å². The molecule has 0 aliphatic carbocycles. The maximum absolute atomic E-state index is 11.9. The summed E-state index contributed by atoms with van der Waals surface area (Å²) in [5, 5.41) is 17.8. The van der Waals surface area contributed by atoms with Gasteiger partial charge in [-0.3, -0.25) is 0 Å². The number of rotatable bonds is 8. The summed E-state index contributed by atoms with van der Waals surface area (Å²) in [7, 11) is -14.7. The average Bonchev–Trinajstić information content (AvgIpc) is 3.06. The van der Waals surface area contributed by atoms with Gasteiger partial charge in [0.2, 0.25) is 0 Å². The average molecular weight is 827 g/mol. The first kappa shape index (κ1) is 46.8. The molecule has 0 saturated carbocycles. The van der Waals surface area contributed by atoms with Crippen molar-refractivity contribution in [2.45, 2.75) is 28.5 Å². The third-order valence-corrected chi connectivity index (χ3v) is 10.7. The molecule has 0 aliphatic heterocycles. The number of azo groups is 2. The molecule has 0 aliphatic rings. The van der Waals surface area contributed by atoms with Crippen LogP contribution in [0.4, 0.5) is 34.1 Å².